The molecule has 3 rings (SSSR count). The lowest BCUT2D eigenvalue weighted by Crippen LogP contribution is -2.50. The Balaban J connectivity index is 1.51. The maximum absolute atomic E-state index is 12.4. The van der Waals surface area contributed by atoms with Crippen LogP contribution in [0.4, 0.5) is 35.3 Å². The van der Waals surface area contributed by atoms with Crippen LogP contribution in [-0.2, 0) is 0 Å². The third kappa shape index (κ3) is 5.62. The highest BCUT2D eigenvalue weighted by molar-refractivity contribution is 5.89. The third-order valence-electron chi connectivity index (χ3n) is 4.32. The fourth-order valence-electron chi connectivity index (χ4n) is 2.81. The predicted octanol–water partition coefficient (Wildman–Crippen LogP) is 2.80. The van der Waals surface area contributed by atoms with Crippen molar-refractivity contribution in [2.24, 2.45) is 0 Å². The predicted molar refractivity (Wildman–Crippen MR) is 102 cm³/mol. The topological polar surface area (TPSA) is 73.8 Å². The van der Waals surface area contributed by atoms with Crippen LogP contribution in [0.15, 0.2) is 36.4 Å². The zero-order chi connectivity index (χ0) is 21.0. The number of carbonyl (C=O) groups excluding carboxylic acids is 1. The van der Waals surface area contributed by atoms with Gasteiger partial charge in [0.1, 0.15) is 5.75 Å². The summed E-state index contributed by atoms with van der Waals surface area (Å²) >= 11 is 0. The second kappa shape index (κ2) is 8.41. The molecular formula is C18H21F3N6O2. The van der Waals surface area contributed by atoms with Gasteiger partial charge in [-0.15, -0.1) is 23.4 Å². The first kappa shape index (κ1) is 20.5. The molecule has 2 heterocycles. The van der Waals surface area contributed by atoms with Crippen molar-refractivity contribution < 1.29 is 22.7 Å². The van der Waals surface area contributed by atoms with Gasteiger partial charge in [0.2, 0.25) is 0 Å². The number of aromatic nitrogens is 2. The number of alkyl halides is 3. The lowest BCUT2D eigenvalue weighted by molar-refractivity contribution is -0.274. The number of amides is 2. The van der Waals surface area contributed by atoms with Gasteiger partial charge in [-0.25, -0.2) is 4.79 Å². The van der Waals surface area contributed by atoms with E-state index in [-0.39, 0.29) is 11.8 Å². The van der Waals surface area contributed by atoms with Gasteiger partial charge in [0.05, 0.1) is 0 Å². The number of hydrogen-bond donors (Lipinski definition) is 1. The first-order valence-corrected chi connectivity index (χ1v) is 8.89. The summed E-state index contributed by atoms with van der Waals surface area (Å²) in [4.78, 5) is 17.9. The molecule has 0 spiro atoms. The Hall–Kier alpha value is -3.24. The molecule has 11 heteroatoms. The van der Waals surface area contributed by atoms with Crippen LogP contribution in [0.5, 0.6) is 5.75 Å². The smallest absolute Gasteiger partial charge is 0.406 e. The molecule has 0 radical (unpaired) electrons. The normalized spacial score (nSPS) is 14.5. The second-order valence-electron chi connectivity index (χ2n) is 6.62. The van der Waals surface area contributed by atoms with Crippen molar-refractivity contribution in [1.29, 1.82) is 0 Å². The van der Waals surface area contributed by atoms with Gasteiger partial charge in [0.25, 0.3) is 0 Å². The van der Waals surface area contributed by atoms with E-state index in [2.05, 4.69) is 20.3 Å². The van der Waals surface area contributed by atoms with Crippen molar-refractivity contribution in [2.45, 2.75) is 6.36 Å². The second-order valence-corrected chi connectivity index (χ2v) is 6.62. The van der Waals surface area contributed by atoms with Gasteiger partial charge in [-0.3, -0.25) is 0 Å². The molecule has 156 valence electrons. The van der Waals surface area contributed by atoms with Crippen LogP contribution in [0.2, 0.25) is 0 Å². The molecule has 1 aliphatic rings. The number of nitrogens with one attached hydrogen (secondary N) is 1. The summed E-state index contributed by atoms with van der Waals surface area (Å²) in [5.41, 5.74) is 0.386. The van der Waals surface area contributed by atoms with Crippen molar-refractivity contribution in [3.8, 4) is 5.75 Å². The minimum Gasteiger partial charge on any atom is -0.406 e. The Morgan fingerprint density at radius 3 is 2.21 bits per heavy atom. The molecule has 0 aliphatic carbocycles. The number of carbonyl (C=O) groups is 1. The summed E-state index contributed by atoms with van der Waals surface area (Å²) in [6.07, 6.45) is -4.75. The molecule has 1 fully saturated rings. The molecule has 0 unspecified atom stereocenters. The number of ether oxygens (including phenoxy) is 1. The quantitative estimate of drug-likeness (QED) is 0.836. The van der Waals surface area contributed by atoms with Gasteiger partial charge >= 0.3 is 12.4 Å². The van der Waals surface area contributed by atoms with Crippen LogP contribution < -0.4 is 19.9 Å². The van der Waals surface area contributed by atoms with E-state index < -0.39 is 6.36 Å². The zero-order valence-electron chi connectivity index (χ0n) is 16.0. The number of piperazine rings is 1. The Morgan fingerprint density at radius 2 is 1.69 bits per heavy atom. The van der Waals surface area contributed by atoms with Crippen molar-refractivity contribution in [3.63, 3.8) is 0 Å². The molecule has 0 saturated carbocycles. The maximum atomic E-state index is 12.4. The van der Waals surface area contributed by atoms with Crippen LogP contribution in [0, 0.1) is 0 Å². The van der Waals surface area contributed by atoms with Crippen molar-refractivity contribution in [1.82, 2.24) is 15.1 Å². The fraction of sp³-hybridized carbons (Fsp3) is 0.389. The van der Waals surface area contributed by atoms with E-state index >= 15 is 0 Å². The first-order valence-electron chi connectivity index (χ1n) is 8.89. The number of rotatable bonds is 4. The summed E-state index contributed by atoms with van der Waals surface area (Å²) in [5.74, 6) is 1.17. The SMILES string of the molecule is CN(C)c1ccc(N2CCN(C(=O)Nc3ccc(OC(F)(F)F)cc3)CC2)nn1. The highest BCUT2D eigenvalue weighted by Gasteiger charge is 2.31. The first-order chi connectivity index (χ1) is 13.7. The Morgan fingerprint density at radius 1 is 1.03 bits per heavy atom. The van der Waals surface area contributed by atoms with Gasteiger partial charge in [-0.05, 0) is 36.4 Å². The van der Waals surface area contributed by atoms with Crippen molar-refractivity contribution in [3.05, 3.63) is 36.4 Å². The van der Waals surface area contributed by atoms with E-state index in [1.165, 1.54) is 12.1 Å². The van der Waals surface area contributed by atoms with E-state index in [9.17, 15) is 18.0 Å². The van der Waals surface area contributed by atoms with E-state index in [0.29, 0.717) is 31.9 Å². The number of benzene rings is 1. The average molecular weight is 410 g/mol. The van der Waals surface area contributed by atoms with Gasteiger partial charge in [-0.1, -0.05) is 0 Å². The van der Waals surface area contributed by atoms with Gasteiger partial charge < -0.3 is 24.8 Å². The molecule has 0 atom stereocenters. The van der Waals surface area contributed by atoms with E-state index in [1.54, 1.807) is 4.90 Å². The van der Waals surface area contributed by atoms with Crippen molar-refractivity contribution >= 4 is 23.4 Å². The van der Waals surface area contributed by atoms with Crippen LogP contribution >= 0.6 is 0 Å². The highest BCUT2D eigenvalue weighted by atomic mass is 19.4. The van der Waals surface area contributed by atoms with Crippen LogP contribution in [0.1, 0.15) is 0 Å². The third-order valence-corrected chi connectivity index (χ3v) is 4.32. The van der Waals surface area contributed by atoms with Gasteiger partial charge in [-0.2, -0.15) is 0 Å². The molecule has 1 N–H and O–H groups in total. The van der Waals surface area contributed by atoms with E-state index in [4.69, 9.17) is 0 Å². The molecule has 2 aromatic rings. The molecule has 1 aromatic carbocycles. The number of nitrogens with zero attached hydrogens (tertiary/aromatic N) is 5. The summed E-state index contributed by atoms with van der Waals surface area (Å²) in [6, 6.07) is 8.47. The largest absolute Gasteiger partial charge is 0.573 e. The average Bonchev–Trinajstić information content (AvgIpc) is 2.68. The van der Waals surface area contributed by atoms with Crippen molar-refractivity contribution in [2.75, 3.05) is 55.4 Å². The number of hydrogen-bond acceptors (Lipinski definition) is 6. The molecule has 1 aromatic heterocycles. The van der Waals surface area contributed by atoms with Crippen LogP contribution in [0.25, 0.3) is 0 Å². The lowest BCUT2D eigenvalue weighted by atomic mass is 10.3. The summed E-state index contributed by atoms with van der Waals surface area (Å²) in [6.45, 7) is 2.17. The number of urea groups is 1. The summed E-state index contributed by atoms with van der Waals surface area (Å²) in [5, 5.41) is 11.0. The van der Waals surface area contributed by atoms with Gasteiger partial charge in [0, 0.05) is 46.0 Å². The zero-order valence-corrected chi connectivity index (χ0v) is 16.0. The Bertz CT molecular complexity index is 819. The number of anilines is 3. The standard InChI is InChI=1S/C18H21F3N6O2/c1-25(2)15-7-8-16(24-23-15)26-9-11-27(12-10-26)17(28)22-13-3-5-14(6-4-13)29-18(19,20)21/h3-8H,9-12H2,1-2H3,(H,22,28). The molecular weight excluding hydrogens is 389 g/mol. The monoisotopic (exact) mass is 410 g/mol. The lowest BCUT2D eigenvalue weighted by Gasteiger charge is -2.35. The van der Waals surface area contributed by atoms with E-state index in [1.807, 2.05) is 36.0 Å². The fourth-order valence-corrected chi connectivity index (χ4v) is 2.81. The minimum absolute atomic E-state index is 0.317. The van der Waals surface area contributed by atoms with Gasteiger partial charge in [0.15, 0.2) is 11.6 Å². The minimum atomic E-state index is -4.75. The van der Waals surface area contributed by atoms with Crippen LogP contribution in [0.3, 0.4) is 0 Å². The molecule has 2 amide bonds. The molecule has 29 heavy (non-hydrogen) atoms. The summed E-state index contributed by atoms with van der Waals surface area (Å²) in [7, 11) is 3.77. The molecule has 1 saturated heterocycles. The van der Waals surface area contributed by atoms with Crippen LogP contribution in [-0.4, -0.2) is 67.8 Å². The maximum Gasteiger partial charge on any atom is 0.573 e. The Kier molecular flexibility index (Phi) is 5.95. The molecule has 0 bridgehead atoms. The number of halogens is 3. The summed E-state index contributed by atoms with van der Waals surface area (Å²) < 4.78 is 40.4. The van der Waals surface area contributed by atoms with E-state index in [0.717, 1.165) is 23.8 Å². The highest BCUT2D eigenvalue weighted by Crippen LogP contribution is 2.24. The molecule has 1 aliphatic heterocycles. The molecule has 8 nitrogen and oxygen atoms in total. The Labute approximate surface area is 165 Å².